The molecular formula is C54H29N5S. The summed E-state index contributed by atoms with van der Waals surface area (Å²) >= 11 is 1.77. The molecule has 0 aliphatic rings. The second-order valence-electron chi connectivity index (χ2n) is 16.1. The van der Waals surface area contributed by atoms with Gasteiger partial charge in [0.15, 0.2) is 5.82 Å². The summed E-state index contributed by atoms with van der Waals surface area (Å²) in [5.74, 6) is 1.55. The van der Waals surface area contributed by atoms with Gasteiger partial charge in [-0.15, -0.1) is 11.3 Å². The lowest BCUT2D eigenvalue weighted by Crippen LogP contribution is -2.06. The zero-order chi connectivity index (χ0) is 38.8. The Morgan fingerprint density at radius 2 is 1.00 bits per heavy atom. The Hall–Kier alpha value is -7.80. The fraction of sp³-hybridized carbons (Fsp3) is 0. The lowest BCUT2D eigenvalue weighted by atomic mass is 10.0. The number of aromatic nitrogens is 5. The van der Waals surface area contributed by atoms with Crippen molar-refractivity contribution in [1.82, 2.24) is 23.5 Å². The predicted molar refractivity (Wildman–Crippen MR) is 253 cm³/mol. The minimum Gasteiger partial charge on any atom is -0.308 e. The number of fused-ring (bicyclic) bond motifs is 19. The molecule has 5 nitrogen and oxygen atoms in total. The van der Waals surface area contributed by atoms with Crippen molar-refractivity contribution in [2.45, 2.75) is 0 Å². The van der Waals surface area contributed by atoms with E-state index in [1.807, 2.05) is 0 Å². The van der Waals surface area contributed by atoms with E-state index in [1.54, 1.807) is 11.3 Å². The summed E-state index contributed by atoms with van der Waals surface area (Å²) in [4.78, 5) is 11.4. The Morgan fingerprint density at radius 1 is 0.367 bits per heavy atom. The van der Waals surface area contributed by atoms with E-state index in [-0.39, 0.29) is 0 Å². The van der Waals surface area contributed by atoms with Gasteiger partial charge in [0.05, 0.1) is 48.8 Å². The van der Waals surface area contributed by atoms with Crippen molar-refractivity contribution >= 4 is 135 Å². The van der Waals surface area contributed by atoms with Crippen molar-refractivity contribution in [1.29, 1.82) is 0 Å². The number of thiophene rings is 1. The van der Waals surface area contributed by atoms with E-state index < -0.39 is 0 Å². The molecule has 0 aliphatic heterocycles. The molecule has 6 heterocycles. The Balaban J connectivity index is 1.15. The first kappa shape index (κ1) is 31.2. The highest BCUT2D eigenvalue weighted by molar-refractivity contribution is 7.26. The fourth-order valence-corrected chi connectivity index (χ4v) is 11.8. The highest BCUT2D eigenvalue weighted by Crippen LogP contribution is 2.48. The number of nitrogens with zero attached hydrogens (tertiary/aromatic N) is 5. The normalized spacial score (nSPS) is 12.7. The van der Waals surface area contributed by atoms with Crippen molar-refractivity contribution in [2.75, 3.05) is 0 Å². The molecule has 15 aromatic rings. The molecule has 15 rings (SSSR count). The molecule has 0 N–H and O–H groups in total. The number of benzene rings is 9. The van der Waals surface area contributed by atoms with Crippen LogP contribution in [0.25, 0.3) is 135 Å². The Morgan fingerprint density at radius 3 is 1.82 bits per heavy atom. The smallest absolute Gasteiger partial charge is 0.237 e. The average molecular weight is 780 g/mol. The maximum atomic E-state index is 5.77. The molecule has 6 heteroatoms. The molecular weight excluding hydrogens is 751 g/mol. The molecule has 0 bridgehead atoms. The van der Waals surface area contributed by atoms with Crippen molar-refractivity contribution in [3.8, 4) is 11.8 Å². The van der Waals surface area contributed by atoms with E-state index in [9.17, 15) is 0 Å². The first-order valence-corrected chi connectivity index (χ1v) is 21.2. The molecule has 276 valence electrons. The molecule has 9 aromatic carbocycles. The van der Waals surface area contributed by atoms with Crippen LogP contribution < -0.4 is 0 Å². The van der Waals surface area contributed by atoms with Crippen molar-refractivity contribution in [3.63, 3.8) is 0 Å². The van der Waals surface area contributed by atoms with E-state index in [0.29, 0.717) is 5.95 Å². The lowest BCUT2D eigenvalue weighted by molar-refractivity contribution is 0.977. The summed E-state index contributed by atoms with van der Waals surface area (Å²) in [7, 11) is 0. The van der Waals surface area contributed by atoms with Crippen LogP contribution in [0.2, 0.25) is 0 Å². The SMILES string of the molecule is c1ccc2cc3c(cc2c1)c1c2c4ccccc4n(-c4nc(-n5c6ccccc6c6c7ccccc7ccc65)c5sc6ccccc6c5n4)c2cc2c4ccccc4n3c21. The Labute approximate surface area is 344 Å². The molecule has 0 saturated heterocycles. The predicted octanol–water partition coefficient (Wildman–Crippen LogP) is 14.5. The third kappa shape index (κ3) is 3.78. The molecule has 0 aliphatic carbocycles. The van der Waals surface area contributed by atoms with E-state index in [1.165, 1.54) is 85.9 Å². The maximum Gasteiger partial charge on any atom is 0.237 e. The van der Waals surface area contributed by atoms with Crippen LogP contribution in [0.4, 0.5) is 0 Å². The van der Waals surface area contributed by atoms with Gasteiger partial charge in [0.1, 0.15) is 0 Å². The Bertz CT molecular complexity index is 4370. The van der Waals surface area contributed by atoms with Crippen LogP contribution in [-0.2, 0) is 0 Å². The quantitative estimate of drug-likeness (QED) is 0.175. The van der Waals surface area contributed by atoms with Crippen LogP contribution in [0.5, 0.6) is 0 Å². The third-order valence-corrected chi connectivity index (χ3v) is 14.3. The highest BCUT2D eigenvalue weighted by atomic mass is 32.1. The fourth-order valence-electron chi connectivity index (χ4n) is 10.7. The van der Waals surface area contributed by atoms with Crippen molar-refractivity contribution in [3.05, 3.63) is 176 Å². The topological polar surface area (TPSA) is 40.0 Å². The molecule has 0 saturated carbocycles. The molecule has 60 heavy (non-hydrogen) atoms. The summed E-state index contributed by atoms with van der Waals surface area (Å²) in [6.45, 7) is 0. The van der Waals surface area contributed by atoms with Gasteiger partial charge in [-0.1, -0.05) is 127 Å². The second kappa shape index (κ2) is 11.0. The number of para-hydroxylation sites is 3. The van der Waals surface area contributed by atoms with Crippen LogP contribution in [-0.4, -0.2) is 23.5 Å². The molecule has 0 amide bonds. The molecule has 0 fully saturated rings. The van der Waals surface area contributed by atoms with E-state index >= 15 is 0 Å². The van der Waals surface area contributed by atoms with Gasteiger partial charge < -0.3 is 4.40 Å². The van der Waals surface area contributed by atoms with Crippen LogP contribution in [0.15, 0.2) is 176 Å². The first-order chi connectivity index (χ1) is 29.8. The summed E-state index contributed by atoms with van der Waals surface area (Å²) in [5.41, 5.74) is 9.11. The van der Waals surface area contributed by atoms with Crippen LogP contribution in [0, 0.1) is 0 Å². The zero-order valence-electron chi connectivity index (χ0n) is 31.9. The monoisotopic (exact) mass is 779 g/mol. The number of rotatable bonds is 2. The van der Waals surface area contributed by atoms with Gasteiger partial charge in [0, 0.05) is 53.2 Å². The molecule has 6 aromatic heterocycles. The molecule has 0 atom stereocenters. The van der Waals surface area contributed by atoms with Crippen molar-refractivity contribution in [2.24, 2.45) is 0 Å². The highest BCUT2D eigenvalue weighted by Gasteiger charge is 2.27. The minimum absolute atomic E-state index is 0.658. The van der Waals surface area contributed by atoms with Crippen LogP contribution in [0.1, 0.15) is 0 Å². The summed E-state index contributed by atoms with van der Waals surface area (Å²) < 4.78 is 9.49. The molecule has 0 unspecified atom stereocenters. The van der Waals surface area contributed by atoms with Gasteiger partial charge in [-0.3, -0.25) is 9.13 Å². The van der Waals surface area contributed by atoms with E-state index in [0.717, 1.165) is 43.5 Å². The average Bonchev–Trinajstić information content (AvgIpc) is 4.10. The summed E-state index contributed by atoms with van der Waals surface area (Å²) in [6.07, 6.45) is 0. The van der Waals surface area contributed by atoms with Gasteiger partial charge in [0.2, 0.25) is 5.95 Å². The van der Waals surface area contributed by atoms with E-state index in [4.69, 9.17) is 9.97 Å². The van der Waals surface area contributed by atoms with Gasteiger partial charge in [-0.05, 0) is 70.1 Å². The molecule has 0 spiro atoms. The second-order valence-corrected chi connectivity index (χ2v) is 17.2. The third-order valence-electron chi connectivity index (χ3n) is 13.1. The van der Waals surface area contributed by atoms with Gasteiger partial charge >= 0.3 is 0 Å². The standard InChI is InChI=1S/C54H29N5S/c1-2-15-32-28-44-39(27-31(32)14-1)49-48-36-19-7-11-23-42(36)59(45(48)29-38-34-17-5-9-21-40(34)57(44)51(38)49)54-55-50-37-20-8-12-24-46(37)60-52(50)53(56-54)58-41-22-10-6-18-35(41)47-33-16-4-3-13-30(33)25-26-43(47)58/h1-29H. The number of hydrogen-bond acceptors (Lipinski definition) is 3. The molecule has 0 radical (unpaired) electrons. The number of hydrogen-bond donors (Lipinski definition) is 0. The Kier molecular flexibility index (Phi) is 5.74. The van der Waals surface area contributed by atoms with E-state index in [2.05, 4.69) is 189 Å². The summed E-state index contributed by atoms with van der Waals surface area (Å²) in [5, 5.41) is 15.9. The minimum atomic E-state index is 0.658. The maximum absolute atomic E-state index is 5.77. The van der Waals surface area contributed by atoms with Gasteiger partial charge in [-0.2, -0.15) is 4.98 Å². The summed E-state index contributed by atoms with van der Waals surface area (Å²) in [6, 6.07) is 64.3. The largest absolute Gasteiger partial charge is 0.308 e. The van der Waals surface area contributed by atoms with Crippen molar-refractivity contribution < 1.29 is 0 Å². The van der Waals surface area contributed by atoms with Crippen LogP contribution in [0.3, 0.4) is 0 Å². The zero-order valence-corrected chi connectivity index (χ0v) is 32.7. The van der Waals surface area contributed by atoms with Crippen LogP contribution >= 0.6 is 11.3 Å². The van der Waals surface area contributed by atoms with Gasteiger partial charge in [0.25, 0.3) is 0 Å². The lowest BCUT2D eigenvalue weighted by Gasteiger charge is -2.13. The first-order valence-electron chi connectivity index (χ1n) is 20.4. The van der Waals surface area contributed by atoms with Gasteiger partial charge in [-0.25, -0.2) is 4.98 Å².